The molecule has 1 saturated carbocycles. The summed E-state index contributed by atoms with van der Waals surface area (Å²) in [6, 6.07) is 7.39. The highest BCUT2D eigenvalue weighted by Gasteiger charge is 2.34. The first kappa shape index (κ1) is 22.8. The Bertz CT molecular complexity index is 845. The van der Waals surface area contributed by atoms with E-state index in [0.29, 0.717) is 12.0 Å². The van der Waals surface area contributed by atoms with Crippen LogP contribution in [0.3, 0.4) is 0 Å². The minimum atomic E-state index is -4.77. The number of rotatable bonds is 6. The monoisotopic (exact) mass is 424 g/mol. The Hall–Kier alpha value is -1.91. The highest BCUT2D eigenvalue weighted by molar-refractivity contribution is 5.65. The molecule has 0 unspecified atom stereocenters. The topological polar surface area (TPSA) is 0 Å². The number of halogens is 5. The van der Waals surface area contributed by atoms with E-state index in [2.05, 4.69) is 13.8 Å². The van der Waals surface area contributed by atoms with Crippen molar-refractivity contribution < 1.29 is 22.0 Å². The summed E-state index contributed by atoms with van der Waals surface area (Å²) >= 11 is 0. The lowest BCUT2D eigenvalue weighted by Crippen LogP contribution is -2.14. The fourth-order valence-corrected chi connectivity index (χ4v) is 4.53. The van der Waals surface area contributed by atoms with E-state index in [-0.39, 0.29) is 11.1 Å². The Morgan fingerprint density at radius 2 is 1.60 bits per heavy atom. The van der Waals surface area contributed by atoms with E-state index in [0.717, 1.165) is 55.2 Å². The highest BCUT2D eigenvalue weighted by Crippen LogP contribution is 2.39. The fraction of sp³-hybridized carbons (Fsp3) is 0.520. The van der Waals surface area contributed by atoms with Gasteiger partial charge >= 0.3 is 6.18 Å². The van der Waals surface area contributed by atoms with Gasteiger partial charge < -0.3 is 0 Å². The van der Waals surface area contributed by atoms with Crippen LogP contribution in [0, 0.1) is 23.5 Å². The maximum absolute atomic E-state index is 14.7. The summed E-state index contributed by atoms with van der Waals surface area (Å²) in [6.07, 6.45) is 3.38. The van der Waals surface area contributed by atoms with Crippen LogP contribution < -0.4 is 0 Å². The molecule has 0 N–H and O–H groups in total. The third kappa shape index (κ3) is 5.61. The molecular formula is C25H29F5. The van der Waals surface area contributed by atoms with Gasteiger partial charge in [0.1, 0.15) is 11.6 Å². The molecule has 2 aromatic rings. The van der Waals surface area contributed by atoms with Crippen molar-refractivity contribution in [1.29, 1.82) is 0 Å². The quantitative estimate of drug-likeness (QED) is 0.407. The van der Waals surface area contributed by atoms with Crippen molar-refractivity contribution in [3.63, 3.8) is 0 Å². The molecule has 0 heterocycles. The molecule has 0 amide bonds. The first-order chi connectivity index (χ1) is 14.1. The summed E-state index contributed by atoms with van der Waals surface area (Å²) in [5, 5.41) is 0. The van der Waals surface area contributed by atoms with E-state index in [1.165, 1.54) is 25.3 Å². The minimum Gasteiger partial charge on any atom is -0.206 e. The molecule has 0 spiro atoms. The maximum atomic E-state index is 14.7. The molecule has 0 bridgehead atoms. The summed E-state index contributed by atoms with van der Waals surface area (Å²) in [4.78, 5) is 0. The first-order valence-corrected chi connectivity index (χ1v) is 10.8. The summed E-state index contributed by atoms with van der Waals surface area (Å²) in [5.41, 5.74) is -0.190. The van der Waals surface area contributed by atoms with Crippen LogP contribution >= 0.6 is 0 Å². The lowest BCUT2D eigenvalue weighted by Gasteiger charge is -2.29. The maximum Gasteiger partial charge on any atom is 0.419 e. The molecule has 0 radical (unpaired) electrons. The van der Waals surface area contributed by atoms with Crippen LogP contribution in [0.1, 0.15) is 75.8 Å². The van der Waals surface area contributed by atoms with Crippen molar-refractivity contribution in [3.05, 3.63) is 59.2 Å². The van der Waals surface area contributed by atoms with Gasteiger partial charge in [0.25, 0.3) is 0 Å². The lowest BCUT2D eigenvalue weighted by molar-refractivity contribution is -0.139. The second-order valence-corrected chi connectivity index (χ2v) is 8.97. The summed E-state index contributed by atoms with van der Waals surface area (Å²) < 4.78 is 66.8. The fourth-order valence-electron chi connectivity index (χ4n) is 4.53. The van der Waals surface area contributed by atoms with Crippen molar-refractivity contribution in [2.45, 2.75) is 70.9 Å². The molecule has 5 heteroatoms. The van der Waals surface area contributed by atoms with Gasteiger partial charge in [-0.2, -0.15) is 13.2 Å². The molecule has 1 aliphatic carbocycles. The van der Waals surface area contributed by atoms with Crippen molar-refractivity contribution in [2.75, 3.05) is 0 Å². The number of alkyl halides is 3. The Morgan fingerprint density at radius 1 is 0.900 bits per heavy atom. The smallest absolute Gasteiger partial charge is 0.206 e. The van der Waals surface area contributed by atoms with E-state index in [4.69, 9.17) is 0 Å². The highest BCUT2D eigenvalue weighted by atomic mass is 19.4. The van der Waals surface area contributed by atoms with Crippen molar-refractivity contribution in [3.8, 4) is 11.1 Å². The zero-order chi connectivity index (χ0) is 21.9. The van der Waals surface area contributed by atoms with E-state index >= 15 is 0 Å². The molecular weight excluding hydrogens is 395 g/mol. The number of benzene rings is 2. The largest absolute Gasteiger partial charge is 0.419 e. The molecule has 30 heavy (non-hydrogen) atoms. The van der Waals surface area contributed by atoms with Gasteiger partial charge in [0.2, 0.25) is 0 Å². The summed E-state index contributed by atoms with van der Waals surface area (Å²) in [7, 11) is 0. The van der Waals surface area contributed by atoms with E-state index in [1.807, 2.05) is 6.07 Å². The van der Waals surface area contributed by atoms with Crippen LogP contribution in [-0.2, 0) is 6.18 Å². The van der Waals surface area contributed by atoms with E-state index in [1.54, 1.807) is 6.07 Å². The first-order valence-electron chi connectivity index (χ1n) is 10.8. The predicted octanol–water partition coefficient (Wildman–Crippen LogP) is 8.75. The molecule has 1 fully saturated rings. The van der Waals surface area contributed by atoms with Gasteiger partial charge in [-0.05, 0) is 72.8 Å². The molecule has 0 nitrogen and oxygen atoms in total. The van der Waals surface area contributed by atoms with Gasteiger partial charge in [0.15, 0.2) is 0 Å². The zero-order valence-electron chi connectivity index (χ0n) is 17.5. The van der Waals surface area contributed by atoms with Crippen LogP contribution in [0.25, 0.3) is 11.1 Å². The van der Waals surface area contributed by atoms with Crippen molar-refractivity contribution in [2.24, 2.45) is 11.8 Å². The molecule has 1 aliphatic rings. The normalized spacial score (nSPS) is 20.0. The number of hydrogen-bond acceptors (Lipinski definition) is 0. The lowest BCUT2D eigenvalue weighted by atomic mass is 9.76. The SMILES string of the molecule is CC(C)CCCC1CCC(c2ccc(-c3ccc(C(F)(F)F)c(F)c3)c(F)c2)CC1. The van der Waals surface area contributed by atoms with Crippen molar-refractivity contribution in [1.82, 2.24) is 0 Å². The minimum absolute atomic E-state index is 0.110. The standard InChI is InChI=1S/C25H29F5/c1-16(2)4-3-5-17-6-8-18(9-7-17)19-10-12-21(23(26)14-19)20-11-13-22(24(27)15-20)25(28,29)30/h10-18H,3-9H2,1-2H3. The van der Waals surface area contributed by atoms with E-state index in [9.17, 15) is 22.0 Å². The van der Waals surface area contributed by atoms with Gasteiger partial charge in [-0.15, -0.1) is 0 Å². The molecule has 3 rings (SSSR count). The molecule has 0 saturated heterocycles. The van der Waals surface area contributed by atoms with Crippen LogP contribution in [0.5, 0.6) is 0 Å². The Kier molecular flexibility index (Phi) is 7.20. The third-order valence-electron chi connectivity index (χ3n) is 6.29. The summed E-state index contributed by atoms with van der Waals surface area (Å²) in [6.45, 7) is 4.49. The zero-order valence-corrected chi connectivity index (χ0v) is 17.5. The van der Waals surface area contributed by atoms with Crippen LogP contribution in [0.4, 0.5) is 22.0 Å². The van der Waals surface area contributed by atoms with Crippen LogP contribution in [0.15, 0.2) is 36.4 Å². The van der Waals surface area contributed by atoms with Crippen molar-refractivity contribution >= 4 is 0 Å². The van der Waals surface area contributed by atoms with Gasteiger partial charge in [-0.3, -0.25) is 0 Å². The molecule has 164 valence electrons. The van der Waals surface area contributed by atoms with Gasteiger partial charge in [-0.25, -0.2) is 8.78 Å². The Balaban J connectivity index is 1.66. The second kappa shape index (κ2) is 9.49. The number of hydrogen-bond donors (Lipinski definition) is 0. The van der Waals surface area contributed by atoms with Crippen LogP contribution in [-0.4, -0.2) is 0 Å². The van der Waals surface area contributed by atoms with Gasteiger partial charge in [-0.1, -0.05) is 51.3 Å². The predicted molar refractivity (Wildman–Crippen MR) is 110 cm³/mol. The molecule has 2 aromatic carbocycles. The average Bonchev–Trinajstić information content (AvgIpc) is 2.67. The molecule has 0 atom stereocenters. The van der Waals surface area contributed by atoms with Gasteiger partial charge in [0.05, 0.1) is 5.56 Å². The second-order valence-electron chi connectivity index (χ2n) is 8.97. The summed E-state index contributed by atoms with van der Waals surface area (Å²) in [5.74, 6) is -0.121. The average molecular weight is 424 g/mol. The van der Waals surface area contributed by atoms with Crippen LogP contribution in [0.2, 0.25) is 0 Å². The molecule has 0 aliphatic heterocycles. The van der Waals surface area contributed by atoms with Gasteiger partial charge in [0, 0.05) is 5.56 Å². The van der Waals surface area contributed by atoms with E-state index < -0.39 is 23.4 Å². The Labute approximate surface area is 175 Å². The third-order valence-corrected chi connectivity index (χ3v) is 6.29. The Morgan fingerprint density at radius 3 is 2.17 bits per heavy atom. The molecule has 0 aromatic heterocycles.